The molecule has 0 fully saturated rings. The van der Waals surface area contributed by atoms with Crippen LogP contribution >= 0.6 is 34.2 Å². The number of aryl methyl sites for hydroxylation is 1. The van der Waals surface area contributed by atoms with Crippen molar-refractivity contribution < 1.29 is 4.79 Å². The molecule has 0 unspecified atom stereocenters. The van der Waals surface area contributed by atoms with Gasteiger partial charge in [-0.3, -0.25) is 4.79 Å². The topological polar surface area (TPSA) is 64.9 Å². The minimum absolute atomic E-state index is 0.0390. The molecule has 0 aliphatic heterocycles. The molecule has 2 aromatic rings. The molecule has 2 aromatic carbocycles. The Balaban J connectivity index is 2.14. The Labute approximate surface area is 153 Å². The summed E-state index contributed by atoms with van der Waals surface area (Å²) in [6, 6.07) is 14.6. The Kier molecular flexibility index (Phi) is 6.02. The smallest absolute Gasteiger partial charge is 0.267 e. The molecule has 2 N–H and O–H groups in total. The highest BCUT2D eigenvalue weighted by Crippen LogP contribution is 2.21. The molecule has 0 saturated carbocycles. The number of nitrogens with one attached hydrogen (secondary N) is 2. The van der Waals surface area contributed by atoms with Crippen LogP contribution in [0.4, 0.5) is 11.4 Å². The second kappa shape index (κ2) is 7.99. The summed E-state index contributed by atoms with van der Waals surface area (Å²) in [5.74, 6) is -0.476. The molecule has 0 aliphatic rings. The van der Waals surface area contributed by atoms with Gasteiger partial charge in [0.1, 0.15) is 11.6 Å². The minimum atomic E-state index is -0.476. The van der Waals surface area contributed by atoms with Crippen LogP contribution in [0, 0.1) is 21.8 Å². The van der Waals surface area contributed by atoms with Gasteiger partial charge in [0.05, 0.1) is 10.7 Å². The normalized spacial score (nSPS) is 10.8. The predicted molar refractivity (Wildman–Crippen MR) is 101 cm³/mol. The van der Waals surface area contributed by atoms with Gasteiger partial charge in [0, 0.05) is 15.5 Å². The Hall–Kier alpha value is -2.04. The standard InChI is InChI=1S/C17H13ClIN3O/c1-11-8-13(19)6-7-15(11)22-17(23)12(9-20)10-21-16-5-3-2-4-14(16)18/h2-8,10,21H,1H3,(H,22,23)/b12-10-. The van der Waals surface area contributed by atoms with Crippen molar-refractivity contribution in [3.8, 4) is 6.07 Å². The van der Waals surface area contributed by atoms with E-state index in [2.05, 4.69) is 33.2 Å². The van der Waals surface area contributed by atoms with Crippen LogP contribution in [0.3, 0.4) is 0 Å². The number of para-hydroxylation sites is 1. The van der Waals surface area contributed by atoms with Crippen molar-refractivity contribution in [3.63, 3.8) is 0 Å². The number of hydrogen-bond donors (Lipinski definition) is 2. The van der Waals surface area contributed by atoms with Crippen molar-refractivity contribution in [2.75, 3.05) is 10.6 Å². The molecule has 0 aliphatic carbocycles. The van der Waals surface area contributed by atoms with E-state index in [0.29, 0.717) is 16.4 Å². The van der Waals surface area contributed by atoms with Crippen molar-refractivity contribution >= 4 is 51.5 Å². The first kappa shape index (κ1) is 17.3. The molecule has 1 amide bonds. The minimum Gasteiger partial charge on any atom is -0.359 e. The first-order valence-electron chi connectivity index (χ1n) is 6.70. The SMILES string of the molecule is Cc1cc(I)ccc1NC(=O)/C(C#N)=C\Nc1ccccc1Cl. The van der Waals surface area contributed by atoms with Gasteiger partial charge in [-0.2, -0.15) is 5.26 Å². The number of carbonyl (C=O) groups is 1. The first-order chi connectivity index (χ1) is 11.0. The lowest BCUT2D eigenvalue weighted by molar-refractivity contribution is -0.112. The summed E-state index contributed by atoms with van der Waals surface area (Å²) in [6.45, 7) is 1.90. The van der Waals surface area contributed by atoms with Gasteiger partial charge >= 0.3 is 0 Å². The van der Waals surface area contributed by atoms with E-state index in [-0.39, 0.29) is 5.57 Å². The zero-order chi connectivity index (χ0) is 16.8. The molecule has 2 rings (SSSR count). The number of rotatable bonds is 4. The predicted octanol–water partition coefficient (Wildman–Crippen LogP) is 4.71. The van der Waals surface area contributed by atoms with Crippen molar-refractivity contribution in [1.82, 2.24) is 0 Å². The fraction of sp³-hybridized carbons (Fsp3) is 0.0588. The quantitative estimate of drug-likeness (QED) is 0.414. The lowest BCUT2D eigenvalue weighted by Crippen LogP contribution is -2.15. The second-order valence-electron chi connectivity index (χ2n) is 4.71. The molecule has 0 heterocycles. The molecule has 4 nitrogen and oxygen atoms in total. The third kappa shape index (κ3) is 4.71. The van der Waals surface area contributed by atoms with Gasteiger partial charge in [0.25, 0.3) is 5.91 Å². The lowest BCUT2D eigenvalue weighted by atomic mass is 10.2. The van der Waals surface area contributed by atoms with Crippen LogP contribution in [-0.4, -0.2) is 5.91 Å². The van der Waals surface area contributed by atoms with E-state index >= 15 is 0 Å². The second-order valence-corrected chi connectivity index (χ2v) is 6.36. The number of hydrogen-bond acceptors (Lipinski definition) is 3. The average molecular weight is 438 g/mol. The highest BCUT2D eigenvalue weighted by Gasteiger charge is 2.11. The van der Waals surface area contributed by atoms with Gasteiger partial charge in [0.15, 0.2) is 0 Å². The van der Waals surface area contributed by atoms with E-state index in [1.54, 1.807) is 18.2 Å². The first-order valence-corrected chi connectivity index (χ1v) is 8.16. The molecule has 23 heavy (non-hydrogen) atoms. The van der Waals surface area contributed by atoms with Crippen LogP contribution in [0.25, 0.3) is 0 Å². The van der Waals surface area contributed by atoms with Crippen LogP contribution in [-0.2, 0) is 4.79 Å². The van der Waals surface area contributed by atoms with Gasteiger partial charge in [0.2, 0.25) is 0 Å². The van der Waals surface area contributed by atoms with Gasteiger partial charge in [-0.05, 0) is 65.4 Å². The summed E-state index contributed by atoms with van der Waals surface area (Å²) in [6.07, 6.45) is 1.35. The zero-order valence-corrected chi connectivity index (χ0v) is 15.1. The lowest BCUT2D eigenvalue weighted by Gasteiger charge is -2.09. The highest BCUT2D eigenvalue weighted by atomic mass is 127. The summed E-state index contributed by atoms with van der Waals surface area (Å²) in [5, 5.41) is 15.3. The highest BCUT2D eigenvalue weighted by molar-refractivity contribution is 14.1. The van der Waals surface area contributed by atoms with E-state index < -0.39 is 5.91 Å². The number of halogens is 2. The maximum absolute atomic E-state index is 12.2. The van der Waals surface area contributed by atoms with Crippen LogP contribution in [0.1, 0.15) is 5.56 Å². The number of carbonyl (C=O) groups excluding carboxylic acids is 1. The van der Waals surface area contributed by atoms with Crippen LogP contribution in [0.5, 0.6) is 0 Å². The van der Waals surface area contributed by atoms with E-state index in [1.807, 2.05) is 37.3 Å². The Morgan fingerprint density at radius 2 is 2.00 bits per heavy atom. The van der Waals surface area contributed by atoms with Crippen molar-refractivity contribution in [2.45, 2.75) is 6.92 Å². The number of nitriles is 1. The van der Waals surface area contributed by atoms with Crippen LogP contribution in [0.15, 0.2) is 54.2 Å². The Morgan fingerprint density at radius 1 is 1.26 bits per heavy atom. The largest absolute Gasteiger partial charge is 0.359 e. The van der Waals surface area contributed by atoms with Crippen molar-refractivity contribution in [2.24, 2.45) is 0 Å². The molecular formula is C17H13ClIN3O. The molecule has 0 radical (unpaired) electrons. The molecule has 0 saturated heterocycles. The maximum Gasteiger partial charge on any atom is 0.267 e. The number of anilines is 2. The third-order valence-electron chi connectivity index (χ3n) is 3.05. The fourth-order valence-electron chi connectivity index (χ4n) is 1.83. The van der Waals surface area contributed by atoms with Crippen LogP contribution in [0.2, 0.25) is 5.02 Å². The number of nitrogens with zero attached hydrogens (tertiary/aromatic N) is 1. The van der Waals surface area contributed by atoms with E-state index in [9.17, 15) is 10.1 Å². The van der Waals surface area contributed by atoms with E-state index in [0.717, 1.165) is 9.13 Å². The van der Waals surface area contributed by atoms with Gasteiger partial charge in [-0.15, -0.1) is 0 Å². The maximum atomic E-state index is 12.2. The molecule has 0 bridgehead atoms. The molecular weight excluding hydrogens is 425 g/mol. The zero-order valence-electron chi connectivity index (χ0n) is 12.2. The monoisotopic (exact) mass is 437 g/mol. The summed E-state index contributed by atoms with van der Waals surface area (Å²) in [4.78, 5) is 12.2. The Morgan fingerprint density at radius 3 is 2.65 bits per heavy atom. The third-order valence-corrected chi connectivity index (χ3v) is 4.05. The summed E-state index contributed by atoms with van der Waals surface area (Å²) < 4.78 is 1.08. The van der Waals surface area contributed by atoms with Crippen molar-refractivity contribution in [1.29, 1.82) is 5.26 Å². The summed E-state index contributed by atoms with van der Waals surface area (Å²) in [5.41, 5.74) is 2.19. The van der Waals surface area contributed by atoms with Gasteiger partial charge in [-0.25, -0.2) is 0 Å². The molecule has 0 spiro atoms. The number of benzene rings is 2. The van der Waals surface area contributed by atoms with Crippen LogP contribution < -0.4 is 10.6 Å². The van der Waals surface area contributed by atoms with Gasteiger partial charge in [-0.1, -0.05) is 23.7 Å². The van der Waals surface area contributed by atoms with Crippen molar-refractivity contribution in [3.05, 3.63) is 68.4 Å². The van der Waals surface area contributed by atoms with E-state index in [4.69, 9.17) is 11.6 Å². The molecule has 6 heteroatoms. The average Bonchev–Trinajstić information content (AvgIpc) is 2.52. The summed E-state index contributed by atoms with van der Waals surface area (Å²) in [7, 11) is 0. The molecule has 0 atom stereocenters. The fourth-order valence-corrected chi connectivity index (χ4v) is 2.67. The summed E-state index contributed by atoms with van der Waals surface area (Å²) >= 11 is 8.22. The van der Waals surface area contributed by atoms with Gasteiger partial charge < -0.3 is 10.6 Å². The van der Waals surface area contributed by atoms with E-state index in [1.165, 1.54) is 6.20 Å². The Bertz CT molecular complexity index is 812. The molecule has 0 aromatic heterocycles. The molecule has 116 valence electrons. The number of amides is 1.